The van der Waals surface area contributed by atoms with Crippen LogP contribution in [0.5, 0.6) is 0 Å². The number of likely N-dealkylation sites (tertiary alicyclic amines) is 1. The smallest absolute Gasteiger partial charge is 0.226 e. The molecule has 0 bridgehead atoms. The Hall–Kier alpha value is -2.47. The molecule has 3 atom stereocenters. The molecule has 31 heavy (non-hydrogen) atoms. The van der Waals surface area contributed by atoms with E-state index >= 15 is 0 Å². The van der Waals surface area contributed by atoms with E-state index in [0.717, 1.165) is 63.1 Å². The Kier molecular flexibility index (Phi) is 5.65. The zero-order valence-corrected chi connectivity index (χ0v) is 18.1. The molecule has 1 saturated carbocycles. The van der Waals surface area contributed by atoms with Crippen LogP contribution in [0.4, 0.5) is 5.95 Å². The SMILES string of the molecule is O=C(C1CCN(c2ncccn2)CC1)N1CCC(O)(c2ccccc2)[C@H]2CCCC[C@H]21. The fraction of sp³-hybridized carbons (Fsp3) is 0.560. The van der Waals surface area contributed by atoms with E-state index in [2.05, 4.69) is 19.8 Å². The molecule has 2 saturated heterocycles. The van der Waals surface area contributed by atoms with Crippen molar-refractivity contribution in [3.8, 4) is 0 Å². The number of benzene rings is 1. The number of carbonyl (C=O) groups excluding carboxylic acids is 1. The molecule has 6 nitrogen and oxygen atoms in total. The number of fused-ring (bicyclic) bond motifs is 1. The lowest BCUT2D eigenvalue weighted by Crippen LogP contribution is -2.60. The third-order valence-corrected chi connectivity index (χ3v) is 7.71. The molecular weight excluding hydrogens is 388 g/mol. The standard InChI is InChI=1S/C25H32N4O2/c30-23(19-11-16-28(17-12-19)24-26-14-6-15-27-24)29-18-13-25(31,20-7-2-1-3-8-20)21-9-4-5-10-22(21)29/h1-3,6-8,14-15,19,21-22,31H,4-5,9-13,16-18H2/t21-,22+,25?/m0/s1. The summed E-state index contributed by atoms with van der Waals surface area (Å²) in [6.07, 6.45) is 10.1. The third-order valence-electron chi connectivity index (χ3n) is 7.71. The Morgan fingerprint density at radius 1 is 0.935 bits per heavy atom. The van der Waals surface area contributed by atoms with E-state index < -0.39 is 5.60 Å². The monoisotopic (exact) mass is 420 g/mol. The summed E-state index contributed by atoms with van der Waals surface area (Å²) in [5.41, 5.74) is 0.187. The zero-order valence-electron chi connectivity index (χ0n) is 18.1. The molecule has 1 amide bonds. The van der Waals surface area contributed by atoms with Crippen LogP contribution >= 0.6 is 0 Å². The first-order chi connectivity index (χ1) is 15.2. The average molecular weight is 421 g/mol. The number of hydrogen-bond acceptors (Lipinski definition) is 5. The van der Waals surface area contributed by atoms with E-state index in [4.69, 9.17) is 0 Å². The summed E-state index contributed by atoms with van der Waals surface area (Å²) in [6.45, 7) is 2.28. The molecule has 2 aliphatic heterocycles. The molecule has 0 radical (unpaired) electrons. The Balaban J connectivity index is 1.29. The van der Waals surface area contributed by atoms with E-state index in [-0.39, 0.29) is 17.9 Å². The van der Waals surface area contributed by atoms with Crippen LogP contribution < -0.4 is 4.90 Å². The van der Waals surface area contributed by atoms with Gasteiger partial charge in [-0.05, 0) is 43.7 Å². The topological polar surface area (TPSA) is 69.6 Å². The number of anilines is 1. The molecule has 1 aliphatic carbocycles. The Labute approximate surface area is 184 Å². The first-order valence-electron chi connectivity index (χ1n) is 11.8. The van der Waals surface area contributed by atoms with E-state index in [1.54, 1.807) is 12.4 Å². The number of rotatable bonds is 3. The number of nitrogens with zero attached hydrogens (tertiary/aromatic N) is 4. The van der Waals surface area contributed by atoms with Crippen LogP contribution in [0.15, 0.2) is 48.8 Å². The molecule has 164 valence electrons. The van der Waals surface area contributed by atoms with Crippen molar-refractivity contribution in [2.75, 3.05) is 24.5 Å². The molecule has 1 aromatic carbocycles. The largest absolute Gasteiger partial charge is 0.385 e. The minimum absolute atomic E-state index is 0.0606. The van der Waals surface area contributed by atoms with Gasteiger partial charge in [-0.2, -0.15) is 0 Å². The second-order valence-corrected chi connectivity index (χ2v) is 9.34. The van der Waals surface area contributed by atoms with Gasteiger partial charge in [-0.25, -0.2) is 9.97 Å². The summed E-state index contributed by atoms with van der Waals surface area (Å²) < 4.78 is 0. The Morgan fingerprint density at radius 2 is 1.65 bits per heavy atom. The fourth-order valence-corrected chi connectivity index (χ4v) is 6.06. The molecule has 0 spiro atoms. The predicted molar refractivity (Wildman–Crippen MR) is 119 cm³/mol. The van der Waals surface area contributed by atoms with Gasteiger partial charge in [-0.15, -0.1) is 0 Å². The lowest BCUT2D eigenvalue weighted by Gasteiger charge is -2.53. The number of hydrogen-bond donors (Lipinski definition) is 1. The maximum Gasteiger partial charge on any atom is 0.226 e. The van der Waals surface area contributed by atoms with Gasteiger partial charge in [0, 0.05) is 49.9 Å². The minimum Gasteiger partial charge on any atom is -0.385 e. The molecule has 6 heteroatoms. The van der Waals surface area contributed by atoms with Crippen LogP contribution in [0.1, 0.15) is 50.5 Å². The first-order valence-corrected chi connectivity index (χ1v) is 11.8. The summed E-state index contributed by atoms with van der Waals surface area (Å²) in [6, 6.07) is 12.1. The summed E-state index contributed by atoms with van der Waals surface area (Å²) in [5.74, 6) is 1.23. The van der Waals surface area contributed by atoms with Crippen molar-refractivity contribution in [2.24, 2.45) is 11.8 Å². The second-order valence-electron chi connectivity index (χ2n) is 9.34. The van der Waals surface area contributed by atoms with Gasteiger partial charge in [0.1, 0.15) is 0 Å². The molecule has 2 aromatic rings. The fourth-order valence-electron chi connectivity index (χ4n) is 6.06. The summed E-state index contributed by atoms with van der Waals surface area (Å²) >= 11 is 0. The van der Waals surface area contributed by atoms with E-state index in [9.17, 15) is 9.90 Å². The zero-order chi connectivity index (χ0) is 21.3. The minimum atomic E-state index is -0.822. The maximum absolute atomic E-state index is 13.6. The van der Waals surface area contributed by atoms with Crippen molar-refractivity contribution in [3.63, 3.8) is 0 Å². The van der Waals surface area contributed by atoms with Gasteiger partial charge in [0.25, 0.3) is 0 Å². The maximum atomic E-state index is 13.6. The van der Waals surface area contributed by atoms with Crippen LogP contribution in [-0.4, -0.2) is 51.6 Å². The van der Waals surface area contributed by atoms with Crippen molar-refractivity contribution >= 4 is 11.9 Å². The van der Waals surface area contributed by atoms with Crippen LogP contribution in [0.3, 0.4) is 0 Å². The van der Waals surface area contributed by atoms with Gasteiger partial charge < -0.3 is 14.9 Å². The lowest BCUT2D eigenvalue weighted by molar-refractivity contribution is -0.159. The molecule has 1 unspecified atom stereocenters. The highest BCUT2D eigenvalue weighted by Crippen LogP contribution is 2.47. The van der Waals surface area contributed by atoms with Gasteiger partial charge in [-0.1, -0.05) is 43.2 Å². The predicted octanol–water partition coefficient (Wildman–Crippen LogP) is 3.37. The van der Waals surface area contributed by atoms with Crippen LogP contribution in [-0.2, 0) is 10.4 Å². The first kappa shape index (κ1) is 20.4. The summed E-state index contributed by atoms with van der Waals surface area (Å²) in [4.78, 5) is 26.6. The Morgan fingerprint density at radius 3 is 2.39 bits per heavy atom. The molecule has 3 aliphatic rings. The van der Waals surface area contributed by atoms with E-state index in [1.165, 1.54) is 0 Å². The number of aliphatic hydroxyl groups is 1. The van der Waals surface area contributed by atoms with E-state index in [1.807, 2.05) is 36.4 Å². The van der Waals surface area contributed by atoms with E-state index in [0.29, 0.717) is 18.9 Å². The van der Waals surface area contributed by atoms with Gasteiger partial charge in [0.15, 0.2) is 0 Å². The molecular formula is C25H32N4O2. The van der Waals surface area contributed by atoms with Crippen molar-refractivity contribution < 1.29 is 9.90 Å². The Bertz CT molecular complexity index is 885. The van der Waals surface area contributed by atoms with Gasteiger partial charge in [0.2, 0.25) is 11.9 Å². The van der Waals surface area contributed by atoms with Crippen molar-refractivity contribution in [3.05, 3.63) is 54.4 Å². The molecule has 3 fully saturated rings. The highest BCUT2D eigenvalue weighted by molar-refractivity contribution is 5.79. The average Bonchev–Trinajstić information content (AvgIpc) is 2.85. The number of carbonyl (C=O) groups is 1. The number of aromatic nitrogens is 2. The number of piperidine rings is 2. The summed E-state index contributed by atoms with van der Waals surface area (Å²) in [7, 11) is 0. The molecule has 1 aromatic heterocycles. The van der Waals surface area contributed by atoms with Gasteiger partial charge in [0.05, 0.1) is 5.60 Å². The molecule has 3 heterocycles. The quantitative estimate of drug-likeness (QED) is 0.824. The van der Waals surface area contributed by atoms with Crippen LogP contribution in [0.25, 0.3) is 0 Å². The van der Waals surface area contributed by atoms with Crippen molar-refractivity contribution in [1.29, 1.82) is 0 Å². The number of amides is 1. The van der Waals surface area contributed by atoms with Crippen LogP contribution in [0.2, 0.25) is 0 Å². The molecule has 1 N–H and O–H groups in total. The van der Waals surface area contributed by atoms with Crippen LogP contribution in [0, 0.1) is 11.8 Å². The second kappa shape index (κ2) is 8.58. The third kappa shape index (κ3) is 3.82. The highest BCUT2D eigenvalue weighted by atomic mass is 16.3. The highest BCUT2D eigenvalue weighted by Gasteiger charge is 2.50. The van der Waals surface area contributed by atoms with Gasteiger partial charge in [-0.3, -0.25) is 4.79 Å². The molecule has 5 rings (SSSR count). The summed E-state index contributed by atoms with van der Waals surface area (Å²) in [5, 5.41) is 11.7. The normalized spacial score (nSPS) is 29.5. The van der Waals surface area contributed by atoms with Crippen molar-refractivity contribution in [1.82, 2.24) is 14.9 Å². The van der Waals surface area contributed by atoms with Crippen molar-refractivity contribution in [2.45, 2.75) is 56.6 Å². The lowest BCUT2D eigenvalue weighted by atomic mass is 9.66. The van der Waals surface area contributed by atoms with Gasteiger partial charge >= 0.3 is 0 Å².